The molecule has 18 heavy (non-hydrogen) atoms. The minimum Gasteiger partial charge on any atom is -0.322 e. The fraction of sp³-hybridized carbons (Fsp3) is 0. The molecule has 1 aromatic carbocycles. The molecule has 0 fully saturated rings. The maximum atomic E-state index is 13.4. The Bertz CT molecular complexity index is 574. The zero-order valence-electron chi connectivity index (χ0n) is 9.35. The number of nitrogens with one attached hydrogen (secondary N) is 2. The maximum Gasteiger partial charge on any atom is 0.258 e. The van der Waals surface area contributed by atoms with Crippen LogP contribution in [0.15, 0.2) is 42.7 Å². The van der Waals surface area contributed by atoms with Crippen LogP contribution < -0.4 is 16.6 Å². The van der Waals surface area contributed by atoms with E-state index in [-0.39, 0.29) is 11.3 Å². The highest BCUT2D eigenvalue weighted by atomic mass is 19.1. The summed E-state index contributed by atoms with van der Waals surface area (Å²) in [5, 5.41) is 2.46. The van der Waals surface area contributed by atoms with Gasteiger partial charge in [0.05, 0.1) is 23.1 Å². The van der Waals surface area contributed by atoms with Crippen molar-refractivity contribution in [2.45, 2.75) is 0 Å². The van der Waals surface area contributed by atoms with Crippen LogP contribution in [0.2, 0.25) is 0 Å². The van der Waals surface area contributed by atoms with Crippen molar-refractivity contribution in [1.82, 2.24) is 4.98 Å². The molecule has 2 rings (SSSR count). The van der Waals surface area contributed by atoms with Crippen molar-refractivity contribution in [2.75, 3.05) is 10.7 Å². The number of pyridine rings is 1. The quantitative estimate of drug-likeness (QED) is 0.569. The minimum absolute atomic E-state index is 0.113. The van der Waals surface area contributed by atoms with Gasteiger partial charge in [0.25, 0.3) is 5.91 Å². The van der Waals surface area contributed by atoms with E-state index in [1.54, 1.807) is 12.1 Å². The second kappa shape index (κ2) is 5.24. The highest BCUT2D eigenvalue weighted by Gasteiger charge is 2.12. The SMILES string of the molecule is NNc1cnccc1C(=O)Nc1ccccc1F. The number of amides is 1. The van der Waals surface area contributed by atoms with Crippen molar-refractivity contribution in [2.24, 2.45) is 5.84 Å². The standard InChI is InChI=1S/C12H11FN4O/c13-9-3-1-2-4-10(9)16-12(18)8-5-6-15-7-11(8)17-14/h1-7,17H,14H2,(H,16,18). The van der Waals surface area contributed by atoms with Crippen LogP contribution >= 0.6 is 0 Å². The number of benzene rings is 1. The number of carbonyl (C=O) groups excluding carboxylic acids is 1. The Labute approximate surface area is 103 Å². The molecule has 0 saturated heterocycles. The van der Waals surface area contributed by atoms with Crippen LogP contribution in [0.25, 0.3) is 0 Å². The van der Waals surface area contributed by atoms with Crippen LogP contribution in [0.1, 0.15) is 10.4 Å². The molecule has 1 amide bonds. The number of rotatable bonds is 3. The van der Waals surface area contributed by atoms with Crippen molar-refractivity contribution in [3.63, 3.8) is 0 Å². The number of aromatic nitrogens is 1. The molecule has 0 aliphatic carbocycles. The summed E-state index contributed by atoms with van der Waals surface area (Å²) in [6.07, 6.45) is 2.87. The van der Waals surface area contributed by atoms with Gasteiger partial charge in [0.1, 0.15) is 5.82 Å². The van der Waals surface area contributed by atoms with Gasteiger partial charge >= 0.3 is 0 Å². The third-order valence-electron chi connectivity index (χ3n) is 2.34. The number of hydrazine groups is 1. The van der Waals surface area contributed by atoms with Crippen LogP contribution in [-0.4, -0.2) is 10.9 Å². The number of hydrogen-bond acceptors (Lipinski definition) is 4. The van der Waals surface area contributed by atoms with Gasteiger partial charge in [-0.1, -0.05) is 12.1 Å². The number of halogens is 1. The van der Waals surface area contributed by atoms with Gasteiger partial charge in [-0.2, -0.15) is 0 Å². The highest BCUT2D eigenvalue weighted by Crippen LogP contribution is 2.17. The number of nitrogen functional groups attached to an aromatic ring is 1. The van der Waals surface area contributed by atoms with Crippen molar-refractivity contribution in [3.05, 3.63) is 54.1 Å². The molecule has 0 saturated carbocycles. The summed E-state index contributed by atoms with van der Waals surface area (Å²) in [5.41, 5.74) is 3.13. The summed E-state index contributed by atoms with van der Waals surface area (Å²) in [5.74, 6) is 4.31. The lowest BCUT2D eigenvalue weighted by Gasteiger charge is -2.09. The summed E-state index contributed by atoms with van der Waals surface area (Å²) in [6.45, 7) is 0. The zero-order valence-corrected chi connectivity index (χ0v) is 9.35. The largest absolute Gasteiger partial charge is 0.322 e. The molecule has 0 aliphatic rings. The number of carbonyl (C=O) groups is 1. The molecular weight excluding hydrogens is 235 g/mol. The van der Waals surface area contributed by atoms with Crippen molar-refractivity contribution < 1.29 is 9.18 Å². The summed E-state index contributed by atoms with van der Waals surface area (Å²) >= 11 is 0. The van der Waals surface area contributed by atoms with E-state index in [0.717, 1.165) is 0 Å². The minimum atomic E-state index is -0.498. The second-order valence-corrected chi connectivity index (χ2v) is 3.50. The van der Waals surface area contributed by atoms with Gasteiger partial charge in [0, 0.05) is 6.20 Å². The number of nitrogens with zero attached hydrogens (tertiary/aromatic N) is 1. The summed E-state index contributed by atoms with van der Waals surface area (Å²) in [7, 11) is 0. The highest BCUT2D eigenvalue weighted by molar-refractivity contribution is 6.07. The average molecular weight is 246 g/mol. The van der Waals surface area contributed by atoms with E-state index >= 15 is 0 Å². The van der Waals surface area contributed by atoms with Gasteiger partial charge in [-0.25, -0.2) is 4.39 Å². The Morgan fingerprint density at radius 1 is 1.22 bits per heavy atom. The Balaban J connectivity index is 2.25. The Kier molecular flexibility index (Phi) is 3.49. The number of hydrogen-bond donors (Lipinski definition) is 3. The normalized spacial score (nSPS) is 9.89. The monoisotopic (exact) mass is 246 g/mol. The molecule has 1 heterocycles. The molecule has 0 spiro atoms. The van der Waals surface area contributed by atoms with E-state index in [0.29, 0.717) is 5.69 Å². The molecule has 0 radical (unpaired) electrons. The number of para-hydroxylation sites is 1. The number of anilines is 2. The Morgan fingerprint density at radius 2 is 2.00 bits per heavy atom. The van der Waals surface area contributed by atoms with Crippen LogP contribution in [-0.2, 0) is 0 Å². The van der Waals surface area contributed by atoms with Gasteiger partial charge in [-0.3, -0.25) is 15.6 Å². The van der Waals surface area contributed by atoms with Gasteiger partial charge in [0.15, 0.2) is 0 Å². The van der Waals surface area contributed by atoms with E-state index in [2.05, 4.69) is 15.7 Å². The predicted molar refractivity (Wildman–Crippen MR) is 66.4 cm³/mol. The van der Waals surface area contributed by atoms with Crippen molar-refractivity contribution >= 4 is 17.3 Å². The molecule has 1 aromatic heterocycles. The van der Waals surface area contributed by atoms with E-state index in [1.165, 1.54) is 30.6 Å². The molecule has 2 aromatic rings. The Morgan fingerprint density at radius 3 is 2.72 bits per heavy atom. The van der Waals surface area contributed by atoms with E-state index in [9.17, 15) is 9.18 Å². The topological polar surface area (TPSA) is 80.0 Å². The second-order valence-electron chi connectivity index (χ2n) is 3.50. The van der Waals surface area contributed by atoms with Gasteiger partial charge < -0.3 is 10.7 Å². The zero-order chi connectivity index (χ0) is 13.0. The van der Waals surface area contributed by atoms with E-state index in [1.807, 2.05) is 0 Å². The van der Waals surface area contributed by atoms with E-state index in [4.69, 9.17) is 5.84 Å². The lowest BCUT2D eigenvalue weighted by atomic mass is 10.2. The molecule has 4 N–H and O–H groups in total. The van der Waals surface area contributed by atoms with Crippen LogP contribution in [0.3, 0.4) is 0 Å². The molecular formula is C12H11FN4O. The fourth-order valence-corrected chi connectivity index (χ4v) is 1.46. The van der Waals surface area contributed by atoms with Crippen LogP contribution in [0.4, 0.5) is 15.8 Å². The average Bonchev–Trinajstić information content (AvgIpc) is 2.41. The summed E-state index contributed by atoms with van der Waals surface area (Å²) in [4.78, 5) is 15.8. The molecule has 0 aliphatic heterocycles. The first-order valence-corrected chi connectivity index (χ1v) is 5.19. The third kappa shape index (κ3) is 2.44. The van der Waals surface area contributed by atoms with Gasteiger partial charge in [-0.05, 0) is 18.2 Å². The molecule has 0 unspecified atom stereocenters. The molecule has 92 valence electrons. The fourth-order valence-electron chi connectivity index (χ4n) is 1.46. The van der Waals surface area contributed by atoms with Crippen LogP contribution in [0.5, 0.6) is 0 Å². The number of nitrogens with two attached hydrogens (primary N) is 1. The van der Waals surface area contributed by atoms with Crippen LogP contribution in [0, 0.1) is 5.82 Å². The first-order chi connectivity index (χ1) is 8.72. The summed E-state index contributed by atoms with van der Waals surface area (Å²) in [6, 6.07) is 7.41. The maximum absolute atomic E-state index is 13.4. The lowest BCUT2D eigenvalue weighted by Crippen LogP contribution is -2.18. The third-order valence-corrected chi connectivity index (χ3v) is 2.34. The lowest BCUT2D eigenvalue weighted by molar-refractivity contribution is 0.102. The first-order valence-electron chi connectivity index (χ1n) is 5.19. The predicted octanol–water partition coefficient (Wildman–Crippen LogP) is 1.76. The van der Waals surface area contributed by atoms with Crippen molar-refractivity contribution in [1.29, 1.82) is 0 Å². The molecule has 6 heteroatoms. The molecule has 0 bridgehead atoms. The van der Waals surface area contributed by atoms with Crippen molar-refractivity contribution in [3.8, 4) is 0 Å². The smallest absolute Gasteiger partial charge is 0.258 e. The van der Waals surface area contributed by atoms with Gasteiger partial charge in [0.2, 0.25) is 0 Å². The summed E-state index contributed by atoms with van der Waals surface area (Å²) < 4.78 is 13.4. The molecule has 0 atom stereocenters. The molecule has 5 nitrogen and oxygen atoms in total. The Hall–Kier alpha value is -2.47. The van der Waals surface area contributed by atoms with E-state index < -0.39 is 11.7 Å². The van der Waals surface area contributed by atoms with Gasteiger partial charge in [-0.15, -0.1) is 0 Å². The first kappa shape index (κ1) is 12.0.